The summed E-state index contributed by atoms with van der Waals surface area (Å²) in [6, 6.07) is 12.7. The predicted octanol–water partition coefficient (Wildman–Crippen LogP) is 4.90. The number of nitrogens with zero attached hydrogens (tertiary/aromatic N) is 4. The van der Waals surface area contributed by atoms with Crippen LogP contribution in [0.3, 0.4) is 0 Å². The van der Waals surface area contributed by atoms with Crippen LogP contribution in [0.25, 0.3) is 11.5 Å². The molecular formula is C23H20Cl2N4O4. The number of benzene rings is 2. The molecule has 5 rings (SSSR count). The van der Waals surface area contributed by atoms with Crippen LogP contribution in [0.1, 0.15) is 11.5 Å². The first kappa shape index (κ1) is 21.9. The van der Waals surface area contributed by atoms with Gasteiger partial charge in [0.25, 0.3) is 0 Å². The van der Waals surface area contributed by atoms with E-state index in [0.29, 0.717) is 52.9 Å². The fraction of sp³-hybridized carbons (Fsp3) is 0.261. The molecular weight excluding hydrogens is 467 g/mol. The lowest BCUT2D eigenvalue weighted by Gasteiger charge is -2.30. The van der Waals surface area contributed by atoms with E-state index in [4.69, 9.17) is 41.8 Å². The van der Waals surface area contributed by atoms with E-state index < -0.39 is 5.79 Å². The molecule has 4 aromatic rings. The topological polar surface area (TPSA) is 84.4 Å². The third kappa shape index (κ3) is 4.74. The molecule has 0 spiro atoms. The SMILES string of the molecule is Cc1nnc(-c2ccc(OC[C@@H]3CO[C@@](Cn4ccnc4)(c4ccc(Cl)cc4Cl)O3)cc2)o1. The molecule has 0 bridgehead atoms. The minimum atomic E-state index is -1.09. The van der Waals surface area contributed by atoms with Gasteiger partial charge in [-0.3, -0.25) is 0 Å². The van der Waals surface area contributed by atoms with Crippen molar-refractivity contribution in [2.75, 3.05) is 13.2 Å². The lowest BCUT2D eigenvalue weighted by molar-refractivity contribution is -0.189. The summed E-state index contributed by atoms with van der Waals surface area (Å²) < 4.78 is 25.9. The number of aromatic nitrogens is 4. The smallest absolute Gasteiger partial charge is 0.247 e. The monoisotopic (exact) mass is 486 g/mol. The van der Waals surface area contributed by atoms with Crippen molar-refractivity contribution in [3.05, 3.63) is 82.7 Å². The zero-order valence-corrected chi connectivity index (χ0v) is 19.2. The van der Waals surface area contributed by atoms with Gasteiger partial charge in [-0.25, -0.2) is 4.98 Å². The highest BCUT2D eigenvalue weighted by molar-refractivity contribution is 6.35. The van der Waals surface area contributed by atoms with Crippen LogP contribution >= 0.6 is 23.2 Å². The van der Waals surface area contributed by atoms with Crippen molar-refractivity contribution in [1.82, 2.24) is 19.7 Å². The van der Waals surface area contributed by atoms with Crippen LogP contribution in [-0.4, -0.2) is 39.1 Å². The molecule has 3 heterocycles. The highest BCUT2D eigenvalue weighted by Crippen LogP contribution is 2.40. The zero-order valence-electron chi connectivity index (χ0n) is 17.6. The Morgan fingerprint density at radius 3 is 2.70 bits per heavy atom. The van der Waals surface area contributed by atoms with Gasteiger partial charge in [0.1, 0.15) is 18.5 Å². The van der Waals surface area contributed by atoms with E-state index in [2.05, 4.69) is 15.2 Å². The van der Waals surface area contributed by atoms with Gasteiger partial charge in [-0.15, -0.1) is 10.2 Å². The average molecular weight is 487 g/mol. The summed E-state index contributed by atoms with van der Waals surface area (Å²) >= 11 is 12.6. The van der Waals surface area contributed by atoms with E-state index in [-0.39, 0.29) is 6.10 Å². The number of ether oxygens (including phenoxy) is 3. The Labute approximate surface area is 200 Å². The van der Waals surface area contributed by atoms with Gasteiger partial charge in [-0.2, -0.15) is 0 Å². The van der Waals surface area contributed by atoms with Gasteiger partial charge in [-0.05, 0) is 36.4 Å². The fourth-order valence-corrected chi connectivity index (χ4v) is 4.22. The maximum atomic E-state index is 6.51. The highest BCUT2D eigenvalue weighted by atomic mass is 35.5. The van der Waals surface area contributed by atoms with Gasteiger partial charge in [-0.1, -0.05) is 29.3 Å². The molecule has 0 saturated carbocycles. The first-order valence-corrected chi connectivity index (χ1v) is 11.0. The number of imidazole rings is 1. The van der Waals surface area contributed by atoms with Crippen molar-refractivity contribution in [2.24, 2.45) is 0 Å². The molecule has 0 unspecified atom stereocenters. The molecule has 1 fully saturated rings. The molecule has 1 aliphatic heterocycles. The van der Waals surface area contributed by atoms with Crippen LogP contribution in [0.2, 0.25) is 10.0 Å². The molecule has 170 valence electrons. The second-order valence-corrected chi connectivity index (χ2v) is 8.47. The Morgan fingerprint density at radius 2 is 2.00 bits per heavy atom. The lowest BCUT2D eigenvalue weighted by atomic mass is 10.1. The summed E-state index contributed by atoms with van der Waals surface area (Å²) in [6.07, 6.45) is 4.94. The summed E-state index contributed by atoms with van der Waals surface area (Å²) in [5.41, 5.74) is 1.52. The summed E-state index contributed by atoms with van der Waals surface area (Å²) in [5.74, 6) is 0.588. The number of aryl methyl sites for hydroxylation is 1. The fourth-order valence-electron chi connectivity index (χ4n) is 3.67. The first-order chi connectivity index (χ1) is 16.0. The van der Waals surface area contributed by atoms with Gasteiger partial charge in [0.2, 0.25) is 17.6 Å². The third-order valence-corrected chi connectivity index (χ3v) is 5.76. The average Bonchev–Trinajstić information content (AvgIpc) is 3.55. The molecule has 0 radical (unpaired) electrons. The van der Waals surface area contributed by atoms with Crippen LogP contribution in [0, 0.1) is 6.92 Å². The Bertz CT molecular complexity index is 1230. The van der Waals surface area contributed by atoms with Gasteiger partial charge < -0.3 is 23.2 Å². The van der Waals surface area contributed by atoms with Crippen molar-refractivity contribution >= 4 is 23.2 Å². The van der Waals surface area contributed by atoms with Crippen LogP contribution in [0.5, 0.6) is 5.75 Å². The Morgan fingerprint density at radius 1 is 1.15 bits per heavy atom. The summed E-state index contributed by atoms with van der Waals surface area (Å²) in [6.45, 7) is 2.77. The van der Waals surface area contributed by atoms with Crippen LogP contribution < -0.4 is 4.74 Å². The van der Waals surface area contributed by atoms with Crippen molar-refractivity contribution in [1.29, 1.82) is 0 Å². The van der Waals surface area contributed by atoms with Crippen LogP contribution in [-0.2, 0) is 21.8 Å². The van der Waals surface area contributed by atoms with Gasteiger partial charge in [0.15, 0.2) is 0 Å². The van der Waals surface area contributed by atoms with E-state index >= 15 is 0 Å². The maximum absolute atomic E-state index is 6.51. The molecule has 2 atom stereocenters. The standard InChI is InChI=1S/C23H20Cl2N4O4/c1-15-27-28-22(32-15)16-2-5-18(6-3-16)30-11-19-12-31-23(33-19,13-29-9-8-26-14-29)20-7-4-17(24)10-21(20)25/h2-10,14,19H,11-13H2,1H3/t19-,23-/m1/s1. The third-order valence-electron chi connectivity index (χ3n) is 5.21. The summed E-state index contributed by atoms with van der Waals surface area (Å²) in [7, 11) is 0. The molecule has 0 amide bonds. The molecule has 0 aliphatic carbocycles. The van der Waals surface area contributed by atoms with Gasteiger partial charge in [0, 0.05) is 35.5 Å². The Balaban J connectivity index is 1.29. The van der Waals surface area contributed by atoms with Crippen LogP contribution in [0.4, 0.5) is 0 Å². The largest absolute Gasteiger partial charge is 0.491 e. The van der Waals surface area contributed by atoms with E-state index in [1.54, 1.807) is 31.6 Å². The van der Waals surface area contributed by atoms with Crippen molar-refractivity contribution in [2.45, 2.75) is 25.4 Å². The van der Waals surface area contributed by atoms with Crippen molar-refractivity contribution < 1.29 is 18.6 Å². The minimum Gasteiger partial charge on any atom is -0.491 e. The number of hydrogen-bond donors (Lipinski definition) is 0. The second kappa shape index (κ2) is 9.15. The molecule has 2 aromatic heterocycles. The summed E-state index contributed by atoms with van der Waals surface area (Å²) in [4.78, 5) is 4.11. The zero-order chi connectivity index (χ0) is 22.8. The molecule has 8 nitrogen and oxygen atoms in total. The van der Waals surface area contributed by atoms with Crippen molar-refractivity contribution in [3.8, 4) is 17.2 Å². The van der Waals surface area contributed by atoms with Gasteiger partial charge >= 0.3 is 0 Å². The quantitative estimate of drug-likeness (QED) is 0.367. The van der Waals surface area contributed by atoms with E-state index in [9.17, 15) is 0 Å². The molecule has 1 aliphatic rings. The normalized spacial score (nSPS) is 20.3. The Hall–Kier alpha value is -2.91. The van der Waals surface area contributed by atoms with E-state index in [1.165, 1.54) is 0 Å². The predicted molar refractivity (Wildman–Crippen MR) is 121 cm³/mol. The molecule has 1 saturated heterocycles. The van der Waals surface area contributed by atoms with E-state index in [0.717, 1.165) is 5.56 Å². The highest BCUT2D eigenvalue weighted by Gasteiger charge is 2.45. The van der Waals surface area contributed by atoms with Gasteiger partial charge in [0.05, 0.1) is 24.5 Å². The Kier molecular flexibility index (Phi) is 6.07. The lowest BCUT2D eigenvalue weighted by Crippen LogP contribution is -2.34. The minimum absolute atomic E-state index is 0.301. The molecule has 0 N–H and O–H groups in total. The number of hydrogen-bond acceptors (Lipinski definition) is 7. The number of rotatable bonds is 7. The maximum Gasteiger partial charge on any atom is 0.247 e. The first-order valence-electron chi connectivity index (χ1n) is 10.3. The molecule has 10 heteroatoms. The molecule has 33 heavy (non-hydrogen) atoms. The van der Waals surface area contributed by atoms with Crippen molar-refractivity contribution in [3.63, 3.8) is 0 Å². The van der Waals surface area contributed by atoms with Crippen LogP contribution in [0.15, 0.2) is 65.6 Å². The number of halogens is 2. The summed E-state index contributed by atoms with van der Waals surface area (Å²) in [5, 5.41) is 8.88. The molecule has 2 aromatic carbocycles. The van der Waals surface area contributed by atoms with E-state index in [1.807, 2.05) is 41.1 Å². The second-order valence-electron chi connectivity index (χ2n) is 7.62.